The van der Waals surface area contributed by atoms with Gasteiger partial charge in [0.25, 0.3) is 0 Å². The SMILES string of the molecule is CCNCC1CCCOC1c1ncc(Cl)s1. The maximum absolute atomic E-state index is 5.92. The highest BCUT2D eigenvalue weighted by atomic mass is 35.5. The van der Waals surface area contributed by atoms with Crippen LogP contribution >= 0.6 is 22.9 Å². The molecule has 2 unspecified atom stereocenters. The van der Waals surface area contributed by atoms with Crippen LogP contribution in [0.5, 0.6) is 0 Å². The molecule has 2 rings (SSSR count). The molecule has 1 N–H and O–H groups in total. The van der Waals surface area contributed by atoms with Gasteiger partial charge in [-0.1, -0.05) is 18.5 Å². The fraction of sp³-hybridized carbons (Fsp3) is 0.727. The Bertz CT molecular complexity index is 332. The number of nitrogens with zero attached hydrogens (tertiary/aromatic N) is 1. The lowest BCUT2D eigenvalue weighted by molar-refractivity contribution is -0.0277. The van der Waals surface area contributed by atoms with Crippen LogP contribution in [-0.2, 0) is 4.74 Å². The van der Waals surface area contributed by atoms with E-state index in [0.29, 0.717) is 5.92 Å². The summed E-state index contributed by atoms with van der Waals surface area (Å²) in [5, 5.41) is 4.41. The van der Waals surface area contributed by atoms with Gasteiger partial charge in [0.05, 0.1) is 6.20 Å². The van der Waals surface area contributed by atoms with Crippen molar-refractivity contribution in [2.75, 3.05) is 19.7 Å². The first-order valence-electron chi connectivity index (χ1n) is 5.74. The van der Waals surface area contributed by atoms with Gasteiger partial charge in [0.2, 0.25) is 0 Å². The molecular formula is C11H17ClN2OS. The lowest BCUT2D eigenvalue weighted by atomic mass is 9.94. The second kappa shape index (κ2) is 5.96. The quantitative estimate of drug-likeness (QED) is 0.904. The van der Waals surface area contributed by atoms with E-state index in [9.17, 15) is 0 Å². The Morgan fingerprint density at radius 3 is 3.25 bits per heavy atom. The third kappa shape index (κ3) is 2.94. The molecule has 2 atom stereocenters. The van der Waals surface area contributed by atoms with Crippen molar-refractivity contribution in [2.24, 2.45) is 5.92 Å². The van der Waals surface area contributed by atoms with Crippen LogP contribution in [0.3, 0.4) is 0 Å². The molecule has 0 aliphatic carbocycles. The van der Waals surface area contributed by atoms with E-state index < -0.39 is 0 Å². The van der Waals surface area contributed by atoms with E-state index in [-0.39, 0.29) is 6.10 Å². The molecule has 0 radical (unpaired) electrons. The molecule has 1 aliphatic rings. The summed E-state index contributed by atoms with van der Waals surface area (Å²) in [7, 11) is 0. The fourth-order valence-corrected chi connectivity index (χ4v) is 3.13. The summed E-state index contributed by atoms with van der Waals surface area (Å²) in [5.74, 6) is 0.524. The standard InChI is InChI=1S/C11H17ClN2OS/c1-2-13-6-8-4-3-5-15-10(8)11-14-7-9(12)16-11/h7-8,10,13H,2-6H2,1H3. The van der Waals surface area contributed by atoms with Crippen LogP contribution in [0.25, 0.3) is 0 Å². The molecule has 16 heavy (non-hydrogen) atoms. The van der Waals surface area contributed by atoms with E-state index in [1.54, 1.807) is 6.20 Å². The van der Waals surface area contributed by atoms with E-state index in [1.807, 2.05) is 0 Å². The summed E-state index contributed by atoms with van der Waals surface area (Å²) in [6.45, 7) is 4.96. The molecule has 90 valence electrons. The van der Waals surface area contributed by atoms with Gasteiger partial charge in [-0.25, -0.2) is 4.98 Å². The number of nitrogens with one attached hydrogen (secondary N) is 1. The van der Waals surface area contributed by atoms with Gasteiger partial charge in [-0.2, -0.15) is 0 Å². The van der Waals surface area contributed by atoms with Gasteiger partial charge >= 0.3 is 0 Å². The average Bonchev–Trinajstić information content (AvgIpc) is 2.73. The van der Waals surface area contributed by atoms with Gasteiger partial charge in [0.15, 0.2) is 0 Å². The molecule has 1 saturated heterocycles. The van der Waals surface area contributed by atoms with Gasteiger partial charge in [0.1, 0.15) is 15.4 Å². The number of hydrogen-bond donors (Lipinski definition) is 1. The molecule has 1 aromatic heterocycles. The summed E-state index contributed by atoms with van der Waals surface area (Å²) in [5.41, 5.74) is 0. The van der Waals surface area contributed by atoms with Crippen LogP contribution in [0.2, 0.25) is 4.34 Å². The van der Waals surface area contributed by atoms with Gasteiger partial charge in [-0.15, -0.1) is 11.3 Å². The Morgan fingerprint density at radius 2 is 2.56 bits per heavy atom. The molecule has 1 aromatic rings. The molecule has 0 saturated carbocycles. The number of hydrogen-bond acceptors (Lipinski definition) is 4. The number of rotatable bonds is 4. The minimum absolute atomic E-state index is 0.130. The van der Waals surface area contributed by atoms with E-state index in [0.717, 1.165) is 35.5 Å². The topological polar surface area (TPSA) is 34.1 Å². The number of aromatic nitrogens is 1. The van der Waals surface area contributed by atoms with Gasteiger partial charge in [0, 0.05) is 19.1 Å². The molecular weight excluding hydrogens is 244 g/mol. The van der Waals surface area contributed by atoms with Crippen LogP contribution in [0.4, 0.5) is 0 Å². The second-order valence-electron chi connectivity index (χ2n) is 4.00. The molecule has 1 aliphatic heterocycles. The highest BCUT2D eigenvalue weighted by Gasteiger charge is 2.29. The maximum atomic E-state index is 5.92. The van der Waals surface area contributed by atoms with Crippen molar-refractivity contribution in [3.63, 3.8) is 0 Å². The molecule has 1 fully saturated rings. The Hall–Kier alpha value is -0.160. The fourth-order valence-electron chi connectivity index (χ4n) is 2.05. The Kier molecular flexibility index (Phi) is 4.58. The van der Waals surface area contributed by atoms with Crippen LogP contribution < -0.4 is 5.32 Å². The van der Waals surface area contributed by atoms with Crippen LogP contribution in [0, 0.1) is 5.92 Å². The van der Waals surface area contributed by atoms with Crippen molar-refractivity contribution in [1.82, 2.24) is 10.3 Å². The molecule has 5 heteroatoms. The van der Waals surface area contributed by atoms with E-state index in [1.165, 1.54) is 17.8 Å². The molecule has 0 spiro atoms. The number of ether oxygens (including phenoxy) is 1. The Balaban J connectivity index is 2.04. The highest BCUT2D eigenvalue weighted by Crippen LogP contribution is 2.36. The van der Waals surface area contributed by atoms with Gasteiger partial charge < -0.3 is 10.1 Å². The number of thiazole rings is 1. The zero-order valence-corrected chi connectivity index (χ0v) is 11.0. The molecule has 0 aromatic carbocycles. The summed E-state index contributed by atoms with van der Waals surface area (Å²) in [6.07, 6.45) is 4.19. The monoisotopic (exact) mass is 260 g/mol. The van der Waals surface area contributed by atoms with Crippen molar-refractivity contribution >= 4 is 22.9 Å². The molecule has 0 bridgehead atoms. The van der Waals surface area contributed by atoms with Gasteiger partial charge in [-0.3, -0.25) is 0 Å². The largest absolute Gasteiger partial charge is 0.371 e. The minimum Gasteiger partial charge on any atom is -0.371 e. The van der Waals surface area contributed by atoms with E-state index in [4.69, 9.17) is 16.3 Å². The first-order chi connectivity index (χ1) is 7.81. The van der Waals surface area contributed by atoms with Crippen LogP contribution in [0.1, 0.15) is 30.9 Å². The molecule has 2 heterocycles. The third-order valence-corrected chi connectivity index (χ3v) is 4.02. The number of halogens is 1. The lowest BCUT2D eigenvalue weighted by Gasteiger charge is -2.30. The minimum atomic E-state index is 0.130. The summed E-state index contributed by atoms with van der Waals surface area (Å²) in [6, 6.07) is 0. The van der Waals surface area contributed by atoms with E-state index in [2.05, 4.69) is 17.2 Å². The van der Waals surface area contributed by atoms with Crippen molar-refractivity contribution in [1.29, 1.82) is 0 Å². The van der Waals surface area contributed by atoms with Crippen molar-refractivity contribution in [2.45, 2.75) is 25.9 Å². The average molecular weight is 261 g/mol. The summed E-state index contributed by atoms with van der Waals surface area (Å²) in [4.78, 5) is 4.33. The summed E-state index contributed by atoms with van der Waals surface area (Å²) >= 11 is 7.45. The summed E-state index contributed by atoms with van der Waals surface area (Å²) < 4.78 is 6.58. The normalized spacial score (nSPS) is 25.9. The second-order valence-corrected chi connectivity index (χ2v) is 5.70. The first kappa shape index (κ1) is 12.3. The highest BCUT2D eigenvalue weighted by molar-refractivity contribution is 7.15. The third-order valence-electron chi connectivity index (χ3n) is 2.84. The maximum Gasteiger partial charge on any atom is 0.123 e. The van der Waals surface area contributed by atoms with Crippen molar-refractivity contribution in [3.05, 3.63) is 15.5 Å². The predicted octanol–water partition coefficient (Wildman–Crippen LogP) is 2.87. The zero-order valence-electron chi connectivity index (χ0n) is 9.41. The first-order valence-corrected chi connectivity index (χ1v) is 6.94. The Morgan fingerprint density at radius 1 is 1.69 bits per heavy atom. The van der Waals surface area contributed by atoms with Crippen molar-refractivity contribution in [3.8, 4) is 0 Å². The van der Waals surface area contributed by atoms with E-state index >= 15 is 0 Å². The molecule has 3 nitrogen and oxygen atoms in total. The molecule has 0 amide bonds. The Labute approximate surface area is 105 Å². The van der Waals surface area contributed by atoms with Crippen LogP contribution in [-0.4, -0.2) is 24.7 Å². The van der Waals surface area contributed by atoms with Gasteiger partial charge in [-0.05, 0) is 19.4 Å². The lowest BCUT2D eigenvalue weighted by Crippen LogP contribution is -2.31. The van der Waals surface area contributed by atoms with Crippen molar-refractivity contribution < 1.29 is 4.74 Å². The zero-order chi connectivity index (χ0) is 11.4. The predicted molar refractivity (Wildman–Crippen MR) is 67.1 cm³/mol. The smallest absolute Gasteiger partial charge is 0.123 e. The van der Waals surface area contributed by atoms with Crippen LogP contribution in [0.15, 0.2) is 6.20 Å².